The van der Waals surface area contributed by atoms with Crippen molar-refractivity contribution in [3.8, 4) is 0 Å². The van der Waals surface area contributed by atoms with Crippen molar-refractivity contribution in [1.29, 1.82) is 0 Å². The van der Waals surface area contributed by atoms with Gasteiger partial charge in [0.15, 0.2) is 0 Å². The molecule has 1 aromatic carbocycles. The van der Waals surface area contributed by atoms with Crippen LogP contribution in [0.15, 0.2) is 36.6 Å². The van der Waals surface area contributed by atoms with E-state index in [1.165, 1.54) is 8.25 Å². The van der Waals surface area contributed by atoms with E-state index in [9.17, 15) is 0 Å². The highest BCUT2D eigenvalue weighted by molar-refractivity contribution is 14.1. The summed E-state index contributed by atoms with van der Waals surface area (Å²) in [6.07, 6.45) is -0.0333. The molecule has 3 nitrogen and oxygen atoms in total. The Morgan fingerprint density at radius 3 is 2.77 bits per heavy atom. The fraction of sp³-hybridized carbons (Fsp3) is 0.111. The van der Waals surface area contributed by atoms with Crippen molar-refractivity contribution in [2.75, 3.05) is 0 Å². The fourth-order valence-corrected chi connectivity index (χ4v) is 1.37. The zero-order valence-corrected chi connectivity index (χ0v) is 8.89. The highest BCUT2D eigenvalue weighted by atomic mass is 127. The van der Waals surface area contributed by atoms with Crippen LogP contribution in [0.3, 0.4) is 0 Å². The van der Waals surface area contributed by atoms with Gasteiger partial charge < -0.3 is 0 Å². The molecule has 0 fully saturated rings. The Bertz CT molecular complexity index is 467. The molecule has 0 aliphatic heterocycles. The zero-order valence-electron chi connectivity index (χ0n) is 8.74. The summed E-state index contributed by atoms with van der Waals surface area (Å²) < 4.78 is 17.3. The predicted molar refractivity (Wildman–Crippen MR) is 58.3 cm³/mol. The van der Waals surface area contributed by atoms with E-state index in [1.807, 2.05) is 24.3 Å². The van der Waals surface area contributed by atoms with E-state index in [0.29, 0.717) is 6.54 Å². The zero-order chi connectivity index (χ0) is 10.8. The molecule has 1 aromatic heterocycles. The lowest BCUT2D eigenvalue weighted by molar-refractivity contribution is 0.649. The Kier molecular flexibility index (Phi) is 1.94. The molecule has 0 bridgehead atoms. The topological polar surface area (TPSA) is 30.7 Å². The summed E-state index contributed by atoms with van der Waals surface area (Å²) in [6.45, 7) is 0.488. The van der Waals surface area contributed by atoms with Gasteiger partial charge in [0, 0.05) is 9.74 Å². The SMILES string of the molecule is [2H]c1nnn(Cc2ccc(I)cc2)c1[2H]. The summed E-state index contributed by atoms with van der Waals surface area (Å²) in [5, 5.41) is 7.24. The minimum atomic E-state index is -0.0829. The van der Waals surface area contributed by atoms with Gasteiger partial charge in [0.1, 0.15) is 0 Å². The van der Waals surface area contributed by atoms with Crippen LogP contribution in [0.2, 0.25) is 0 Å². The third-order valence-electron chi connectivity index (χ3n) is 1.63. The molecule has 13 heavy (non-hydrogen) atoms. The van der Waals surface area contributed by atoms with Gasteiger partial charge in [-0.25, -0.2) is 4.68 Å². The number of benzene rings is 1. The molecule has 0 atom stereocenters. The van der Waals surface area contributed by atoms with Crippen molar-refractivity contribution < 1.29 is 2.74 Å². The summed E-state index contributed by atoms with van der Waals surface area (Å²) in [5.74, 6) is 0. The molecule has 66 valence electrons. The molecule has 0 N–H and O–H groups in total. The second kappa shape index (κ2) is 3.87. The molecular formula is C9H8IN3. The third kappa shape index (κ3) is 2.27. The Morgan fingerprint density at radius 1 is 1.38 bits per heavy atom. The van der Waals surface area contributed by atoms with Gasteiger partial charge in [-0.3, -0.25) is 0 Å². The van der Waals surface area contributed by atoms with Crippen LogP contribution in [0.25, 0.3) is 0 Å². The fourth-order valence-electron chi connectivity index (χ4n) is 1.01. The lowest BCUT2D eigenvalue weighted by Gasteiger charge is -2.00. The number of hydrogen-bond donors (Lipinski definition) is 0. The van der Waals surface area contributed by atoms with Gasteiger partial charge in [0.05, 0.1) is 15.5 Å². The molecule has 0 aliphatic carbocycles. The average Bonchev–Trinajstić information content (AvgIpc) is 2.53. The molecule has 0 aliphatic rings. The maximum absolute atomic E-state index is 7.52. The summed E-state index contributed by atoms with van der Waals surface area (Å²) in [7, 11) is 0. The summed E-state index contributed by atoms with van der Waals surface area (Å²) in [5.41, 5.74) is 1.05. The molecule has 4 heteroatoms. The van der Waals surface area contributed by atoms with Crippen LogP contribution >= 0.6 is 22.6 Å². The van der Waals surface area contributed by atoms with Crippen LogP contribution in [-0.4, -0.2) is 15.0 Å². The highest BCUT2D eigenvalue weighted by Gasteiger charge is 1.94. The van der Waals surface area contributed by atoms with Gasteiger partial charge in [0.2, 0.25) is 0 Å². The second-order valence-corrected chi connectivity index (χ2v) is 3.84. The molecule has 0 unspecified atom stereocenters. The maximum Gasteiger partial charge on any atom is 0.0877 e. The molecule has 2 rings (SSSR count). The van der Waals surface area contributed by atoms with Crippen molar-refractivity contribution in [3.63, 3.8) is 0 Å². The lowest BCUT2D eigenvalue weighted by atomic mass is 10.2. The Labute approximate surface area is 92.7 Å². The Hall–Kier alpha value is -0.910. The first-order chi connectivity index (χ1) is 7.16. The number of aromatic nitrogens is 3. The number of hydrogen-bond acceptors (Lipinski definition) is 2. The third-order valence-corrected chi connectivity index (χ3v) is 2.35. The molecule has 0 radical (unpaired) electrons. The predicted octanol–water partition coefficient (Wildman–Crippen LogP) is 1.93. The lowest BCUT2D eigenvalue weighted by Crippen LogP contribution is -2.00. The molecule has 0 saturated heterocycles. The normalized spacial score (nSPS) is 12.4. The molecular weight excluding hydrogens is 277 g/mol. The first kappa shape index (κ1) is 6.53. The van der Waals surface area contributed by atoms with E-state index in [4.69, 9.17) is 2.74 Å². The van der Waals surface area contributed by atoms with E-state index in [-0.39, 0.29) is 12.3 Å². The summed E-state index contributed by atoms with van der Waals surface area (Å²) in [6, 6.07) is 7.95. The average molecular weight is 287 g/mol. The highest BCUT2D eigenvalue weighted by Crippen LogP contribution is 2.07. The van der Waals surface area contributed by atoms with Crippen LogP contribution < -0.4 is 0 Å². The first-order valence-corrected chi connectivity index (χ1v) is 4.86. The van der Waals surface area contributed by atoms with Crippen molar-refractivity contribution in [2.24, 2.45) is 0 Å². The van der Waals surface area contributed by atoms with Gasteiger partial charge >= 0.3 is 0 Å². The largest absolute Gasteiger partial charge is 0.248 e. The number of rotatable bonds is 2. The van der Waals surface area contributed by atoms with Crippen molar-refractivity contribution in [2.45, 2.75) is 6.54 Å². The van der Waals surface area contributed by atoms with Gasteiger partial charge in [0.25, 0.3) is 0 Å². The molecule has 2 aromatic rings. The van der Waals surface area contributed by atoms with E-state index >= 15 is 0 Å². The van der Waals surface area contributed by atoms with Crippen LogP contribution in [0.1, 0.15) is 8.30 Å². The van der Waals surface area contributed by atoms with Crippen LogP contribution in [0.4, 0.5) is 0 Å². The van der Waals surface area contributed by atoms with E-state index < -0.39 is 0 Å². The van der Waals surface area contributed by atoms with Gasteiger partial charge in [-0.1, -0.05) is 17.3 Å². The van der Waals surface area contributed by atoms with Gasteiger partial charge in [-0.15, -0.1) is 5.10 Å². The molecule has 0 amide bonds. The minimum absolute atomic E-state index is 0.0496. The minimum Gasteiger partial charge on any atom is -0.248 e. The number of nitrogens with zero attached hydrogens (tertiary/aromatic N) is 3. The van der Waals surface area contributed by atoms with Gasteiger partial charge in [-0.05, 0) is 40.3 Å². The standard InChI is InChI=1S/C9H8IN3/c10-9-3-1-8(2-4-9)7-13-6-5-11-12-13/h1-6H,7H2/i5D,6D. The van der Waals surface area contributed by atoms with Crippen LogP contribution in [0, 0.1) is 3.57 Å². The number of halogens is 1. The van der Waals surface area contributed by atoms with E-state index in [0.717, 1.165) is 5.56 Å². The monoisotopic (exact) mass is 287 g/mol. The van der Waals surface area contributed by atoms with Crippen molar-refractivity contribution >= 4 is 22.6 Å². The summed E-state index contributed by atoms with van der Waals surface area (Å²) in [4.78, 5) is 0. The smallest absolute Gasteiger partial charge is 0.0877 e. The van der Waals surface area contributed by atoms with Crippen molar-refractivity contribution in [3.05, 3.63) is 45.7 Å². The van der Waals surface area contributed by atoms with E-state index in [1.54, 1.807) is 0 Å². The molecule has 0 spiro atoms. The quantitative estimate of drug-likeness (QED) is 0.790. The van der Waals surface area contributed by atoms with Crippen molar-refractivity contribution in [1.82, 2.24) is 15.0 Å². The summed E-state index contributed by atoms with van der Waals surface area (Å²) >= 11 is 2.24. The van der Waals surface area contributed by atoms with Crippen LogP contribution in [-0.2, 0) is 6.54 Å². The van der Waals surface area contributed by atoms with Crippen LogP contribution in [0.5, 0.6) is 0 Å². The van der Waals surface area contributed by atoms with Gasteiger partial charge in [-0.2, -0.15) is 0 Å². The van der Waals surface area contributed by atoms with E-state index in [2.05, 4.69) is 32.9 Å². The second-order valence-electron chi connectivity index (χ2n) is 2.60. The Morgan fingerprint density at radius 2 is 2.15 bits per heavy atom. The maximum atomic E-state index is 7.52. The molecule has 0 saturated carbocycles. The Balaban J connectivity index is 2.22. The first-order valence-electron chi connectivity index (χ1n) is 4.78. The molecule has 1 heterocycles.